The maximum atomic E-state index is 12.2. The molecule has 2 rings (SSSR count). The Labute approximate surface area is 134 Å². The van der Waals surface area contributed by atoms with Crippen LogP contribution in [-0.4, -0.2) is 29.5 Å². The van der Waals surface area contributed by atoms with Gasteiger partial charge >= 0.3 is 0 Å². The highest BCUT2D eigenvalue weighted by Crippen LogP contribution is 2.16. The fraction of sp³-hybridized carbons (Fsp3) is 0.222. The number of ketones is 1. The minimum Gasteiger partial charge on any atom is -0.491 e. The molecule has 23 heavy (non-hydrogen) atoms. The van der Waals surface area contributed by atoms with Crippen LogP contribution in [0, 0.1) is 0 Å². The van der Waals surface area contributed by atoms with E-state index in [9.17, 15) is 9.59 Å². The van der Waals surface area contributed by atoms with Gasteiger partial charge in [-0.15, -0.1) is 0 Å². The molecule has 2 aromatic carbocycles. The zero-order valence-corrected chi connectivity index (χ0v) is 13.1. The number of carbonyl (C=O) groups is 2. The van der Waals surface area contributed by atoms with Gasteiger partial charge in [0.15, 0.2) is 5.78 Å². The summed E-state index contributed by atoms with van der Waals surface area (Å²) in [5.41, 5.74) is 1.34. The van der Waals surface area contributed by atoms with Crippen molar-refractivity contribution in [2.45, 2.75) is 20.0 Å². The van der Waals surface area contributed by atoms with E-state index in [4.69, 9.17) is 9.84 Å². The SMILES string of the molecule is CC(C)Oc1ccc(C(=O)Nc2cccc(C(=O)CO)c2)cc1. The van der Waals surface area contributed by atoms with Gasteiger partial charge in [-0.1, -0.05) is 12.1 Å². The molecule has 0 fully saturated rings. The summed E-state index contributed by atoms with van der Waals surface area (Å²) in [5.74, 6) is 0.0260. The molecule has 0 saturated carbocycles. The van der Waals surface area contributed by atoms with E-state index in [-0.39, 0.29) is 12.0 Å². The summed E-state index contributed by atoms with van der Waals surface area (Å²) >= 11 is 0. The van der Waals surface area contributed by atoms with E-state index in [1.165, 1.54) is 6.07 Å². The predicted octanol–water partition coefficient (Wildman–Crippen LogP) is 2.90. The molecule has 0 radical (unpaired) electrons. The van der Waals surface area contributed by atoms with E-state index >= 15 is 0 Å². The van der Waals surface area contributed by atoms with Crippen molar-refractivity contribution >= 4 is 17.4 Å². The summed E-state index contributed by atoms with van der Waals surface area (Å²) < 4.78 is 5.53. The molecule has 0 aliphatic heterocycles. The largest absolute Gasteiger partial charge is 0.491 e. The molecule has 0 aromatic heterocycles. The van der Waals surface area contributed by atoms with Gasteiger partial charge in [0.1, 0.15) is 12.4 Å². The molecule has 0 atom stereocenters. The van der Waals surface area contributed by atoms with Crippen molar-refractivity contribution in [3.05, 3.63) is 59.7 Å². The molecule has 0 spiro atoms. The first kappa shape index (κ1) is 16.7. The molecular weight excluding hydrogens is 294 g/mol. The van der Waals surface area contributed by atoms with E-state index in [1.807, 2.05) is 13.8 Å². The number of anilines is 1. The summed E-state index contributed by atoms with van der Waals surface area (Å²) in [7, 11) is 0. The number of rotatable bonds is 6. The van der Waals surface area contributed by atoms with Gasteiger partial charge in [0, 0.05) is 16.8 Å². The van der Waals surface area contributed by atoms with E-state index in [2.05, 4.69) is 5.32 Å². The third-order valence-corrected chi connectivity index (χ3v) is 3.07. The second kappa shape index (κ2) is 7.56. The molecule has 2 N–H and O–H groups in total. The number of carbonyl (C=O) groups excluding carboxylic acids is 2. The first-order chi connectivity index (χ1) is 11.0. The second-order valence-corrected chi connectivity index (χ2v) is 5.31. The lowest BCUT2D eigenvalue weighted by molar-refractivity contribution is 0.0903. The van der Waals surface area contributed by atoms with Crippen LogP contribution in [-0.2, 0) is 0 Å². The normalized spacial score (nSPS) is 10.4. The van der Waals surface area contributed by atoms with Gasteiger partial charge in [-0.2, -0.15) is 0 Å². The number of nitrogens with one attached hydrogen (secondary N) is 1. The monoisotopic (exact) mass is 313 g/mol. The first-order valence-electron chi connectivity index (χ1n) is 7.32. The second-order valence-electron chi connectivity index (χ2n) is 5.31. The molecule has 2 aromatic rings. The van der Waals surface area contributed by atoms with Crippen LogP contribution in [0.1, 0.15) is 34.6 Å². The Morgan fingerprint density at radius 3 is 2.39 bits per heavy atom. The highest BCUT2D eigenvalue weighted by molar-refractivity contribution is 6.05. The van der Waals surface area contributed by atoms with Crippen LogP contribution in [0.5, 0.6) is 5.75 Å². The molecule has 120 valence electrons. The van der Waals surface area contributed by atoms with Gasteiger partial charge in [0.25, 0.3) is 5.91 Å². The van der Waals surface area contributed by atoms with Gasteiger partial charge in [-0.25, -0.2) is 0 Å². The van der Waals surface area contributed by atoms with Crippen molar-refractivity contribution in [1.29, 1.82) is 0 Å². The van der Waals surface area contributed by atoms with E-state index < -0.39 is 12.4 Å². The maximum absolute atomic E-state index is 12.2. The van der Waals surface area contributed by atoms with Crippen molar-refractivity contribution in [2.75, 3.05) is 11.9 Å². The summed E-state index contributed by atoms with van der Waals surface area (Å²) in [6.45, 7) is 3.30. The number of hydrogen-bond donors (Lipinski definition) is 2. The molecular formula is C18H19NO4. The lowest BCUT2D eigenvalue weighted by Crippen LogP contribution is -2.13. The summed E-state index contributed by atoms with van der Waals surface area (Å²) in [5, 5.41) is 11.6. The summed E-state index contributed by atoms with van der Waals surface area (Å²) in [6.07, 6.45) is 0.0708. The highest BCUT2D eigenvalue weighted by atomic mass is 16.5. The predicted molar refractivity (Wildman–Crippen MR) is 88.0 cm³/mol. The number of amides is 1. The Morgan fingerprint density at radius 1 is 1.09 bits per heavy atom. The van der Waals surface area contributed by atoms with Crippen LogP contribution < -0.4 is 10.1 Å². The average Bonchev–Trinajstić information content (AvgIpc) is 2.54. The zero-order chi connectivity index (χ0) is 16.8. The van der Waals surface area contributed by atoms with Crippen molar-refractivity contribution in [3.8, 4) is 5.75 Å². The third kappa shape index (κ3) is 4.66. The van der Waals surface area contributed by atoms with Gasteiger partial charge < -0.3 is 15.2 Å². The highest BCUT2D eigenvalue weighted by Gasteiger charge is 2.09. The first-order valence-corrected chi connectivity index (χ1v) is 7.32. The lowest BCUT2D eigenvalue weighted by atomic mass is 10.1. The van der Waals surface area contributed by atoms with Crippen molar-refractivity contribution < 1.29 is 19.4 Å². The van der Waals surface area contributed by atoms with Crippen molar-refractivity contribution in [3.63, 3.8) is 0 Å². The average molecular weight is 313 g/mol. The minimum absolute atomic E-state index is 0.0708. The molecule has 5 heteroatoms. The van der Waals surface area contributed by atoms with E-state index in [1.54, 1.807) is 42.5 Å². The van der Waals surface area contributed by atoms with E-state index in [0.717, 1.165) is 0 Å². The van der Waals surface area contributed by atoms with Crippen LogP contribution in [0.2, 0.25) is 0 Å². The van der Waals surface area contributed by atoms with Gasteiger partial charge in [-0.3, -0.25) is 9.59 Å². The molecule has 0 unspecified atom stereocenters. The molecule has 1 amide bonds. The van der Waals surface area contributed by atoms with Crippen LogP contribution in [0.25, 0.3) is 0 Å². The lowest BCUT2D eigenvalue weighted by Gasteiger charge is -2.10. The number of aliphatic hydroxyl groups is 1. The molecule has 0 aliphatic carbocycles. The Morgan fingerprint density at radius 2 is 1.78 bits per heavy atom. The molecule has 0 aliphatic rings. The fourth-order valence-electron chi connectivity index (χ4n) is 2.02. The van der Waals surface area contributed by atoms with Crippen LogP contribution in [0.3, 0.4) is 0 Å². The molecule has 0 saturated heterocycles. The minimum atomic E-state index is -0.561. The smallest absolute Gasteiger partial charge is 0.255 e. The zero-order valence-electron chi connectivity index (χ0n) is 13.1. The van der Waals surface area contributed by atoms with Crippen LogP contribution in [0.4, 0.5) is 5.69 Å². The summed E-state index contributed by atoms with van der Waals surface area (Å²) in [6, 6.07) is 13.3. The summed E-state index contributed by atoms with van der Waals surface area (Å²) in [4.78, 5) is 23.7. The standard InChI is InChI=1S/C18H19NO4/c1-12(2)23-16-8-6-13(7-9-16)18(22)19-15-5-3-4-14(10-15)17(21)11-20/h3-10,12,20H,11H2,1-2H3,(H,19,22). The van der Waals surface area contributed by atoms with E-state index in [0.29, 0.717) is 22.6 Å². The quantitative estimate of drug-likeness (QED) is 0.804. The van der Waals surface area contributed by atoms with Gasteiger partial charge in [-0.05, 0) is 50.2 Å². The van der Waals surface area contributed by atoms with Crippen molar-refractivity contribution in [2.24, 2.45) is 0 Å². The number of hydrogen-bond acceptors (Lipinski definition) is 4. The fourth-order valence-corrected chi connectivity index (χ4v) is 2.02. The Kier molecular flexibility index (Phi) is 5.49. The Hall–Kier alpha value is -2.66. The van der Waals surface area contributed by atoms with Crippen LogP contribution >= 0.6 is 0 Å². The number of aliphatic hydroxyl groups excluding tert-OH is 1. The number of ether oxygens (including phenoxy) is 1. The Balaban J connectivity index is 2.08. The molecule has 5 nitrogen and oxygen atoms in total. The van der Waals surface area contributed by atoms with Crippen LogP contribution in [0.15, 0.2) is 48.5 Å². The van der Waals surface area contributed by atoms with Crippen molar-refractivity contribution in [1.82, 2.24) is 0 Å². The number of benzene rings is 2. The van der Waals surface area contributed by atoms with Gasteiger partial charge in [0.2, 0.25) is 0 Å². The Bertz CT molecular complexity index is 692. The topological polar surface area (TPSA) is 75.6 Å². The number of Topliss-reactive ketones (excluding diaryl/α,β-unsaturated/α-hetero) is 1. The maximum Gasteiger partial charge on any atom is 0.255 e. The van der Waals surface area contributed by atoms with Gasteiger partial charge in [0.05, 0.1) is 6.10 Å². The molecule has 0 bridgehead atoms. The third-order valence-electron chi connectivity index (χ3n) is 3.07. The molecule has 0 heterocycles.